The van der Waals surface area contributed by atoms with Gasteiger partial charge in [0.1, 0.15) is 0 Å². The van der Waals surface area contributed by atoms with Crippen molar-refractivity contribution in [3.63, 3.8) is 0 Å². The monoisotopic (exact) mass is 291 g/mol. The summed E-state index contributed by atoms with van der Waals surface area (Å²) in [4.78, 5) is 4.80. The molecular weight excluding hydrogens is 262 g/mol. The molecule has 1 aromatic heterocycles. The molecule has 0 spiro atoms. The Balaban J connectivity index is 2.00. The van der Waals surface area contributed by atoms with Crippen molar-refractivity contribution in [1.29, 1.82) is 0 Å². The van der Waals surface area contributed by atoms with E-state index < -0.39 is 0 Å². The first-order chi connectivity index (χ1) is 10.3. The fourth-order valence-electron chi connectivity index (χ4n) is 2.50. The molecule has 0 fully saturated rings. The van der Waals surface area contributed by atoms with Crippen molar-refractivity contribution in [2.24, 2.45) is 0 Å². The zero-order valence-electron chi connectivity index (χ0n) is 13.3. The standard InChI is InChI=1S/C16H29N5/c1-13-15-5-3-6-16(21-15)14(2)20-12-10-18-8-4-7-17-9-11-19-13/h3,5-6,13-14,17-20H,4,7-12H2,1-2H3/t13-,14+. The summed E-state index contributed by atoms with van der Waals surface area (Å²) in [6.45, 7) is 10.4. The molecule has 2 rings (SSSR count). The molecule has 0 saturated heterocycles. The molecule has 1 aliphatic rings. The maximum Gasteiger partial charge on any atom is 0.0574 e. The van der Waals surface area contributed by atoms with Crippen LogP contribution in [0.25, 0.3) is 0 Å². The molecule has 2 heterocycles. The van der Waals surface area contributed by atoms with Gasteiger partial charge in [-0.3, -0.25) is 4.98 Å². The van der Waals surface area contributed by atoms with Crippen LogP contribution in [0.3, 0.4) is 0 Å². The highest BCUT2D eigenvalue weighted by Crippen LogP contribution is 2.14. The van der Waals surface area contributed by atoms with E-state index in [-0.39, 0.29) is 12.1 Å². The van der Waals surface area contributed by atoms with E-state index in [2.05, 4.69) is 53.3 Å². The van der Waals surface area contributed by atoms with Gasteiger partial charge in [-0.25, -0.2) is 0 Å². The first kappa shape index (κ1) is 16.4. The lowest BCUT2D eigenvalue weighted by Crippen LogP contribution is -2.33. The molecule has 0 aliphatic carbocycles. The molecule has 0 amide bonds. The first-order valence-corrected chi connectivity index (χ1v) is 8.12. The maximum atomic E-state index is 4.80. The topological polar surface area (TPSA) is 61.0 Å². The lowest BCUT2D eigenvalue weighted by molar-refractivity contribution is 0.501. The molecule has 2 atom stereocenters. The summed E-state index contributed by atoms with van der Waals surface area (Å²) in [5.41, 5.74) is 2.23. The number of hydrogen-bond acceptors (Lipinski definition) is 5. The van der Waals surface area contributed by atoms with Crippen LogP contribution < -0.4 is 21.3 Å². The zero-order valence-corrected chi connectivity index (χ0v) is 13.3. The fraction of sp³-hybridized carbons (Fsp3) is 0.688. The summed E-state index contributed by atoms with van der Waals surface area (Å²) >= 11 is 0. The molecule has 4 N–H and O–H groups in total. The SMILES string of the molecule is C[C@@H]1NCCNCCCNCCN[C@H](C)c2cccc1n2. The van der Waals surface area contributed by atoms with Crippen LogP contribution in [-0.2, 0) is 0 Å². The number of fused-ring (bicyclic) bond motifs is 2. The van der Waals surface area contributed by atoms with Crippen LogP contribution >= 0.6 is 0 Å². The lowest BCUT2D eigenvalue weighted by Gasteiger charge is -2.18. The molecule has 21 heavy (non-hydrogen) atoms. The second-order valence-electron chi connectivity index (χ2n) is 5.69. The van der Waals surface area contributed by atoms with E-state index in [1.807, 2.05) is 0 Å². The third kappa shape index (κ3) is 5.71. The zero-order chi connectivity index (χ0) is 14.9. The molecular formula is C16H29N5. The van der Waals surface area contributed by atoms with Gasteiger partial charge in [0, 0.05) is 38.3 Å². The summed E-state index contributed by atoms with van der Waals surface area (Å²) < 4.78 is 0. The summed E-state index contributed by atoms with van der Waals surface area (Å²) in [5, 5.41) is 14.0. The van der Waals surface area contributed by atoms with Gasteiger partial charge in [0.15, 0.2) is 0 Å². The van der Waals surface area contributed by atoms with E-state index in [0.29, 0.717) is 0 Å². The van der Waals surface area contributed by atoms with E-state index in [1.54, 1.807) is 0 Å². The quantitative estimate of drug-likeness (QED) is 0.574. The predicted octanol–water partition coefficient (Wildman–Crippen LogP) is 0.966. The maximum absolute atomic E-state index is 4.80. The van der Waals surface area contributed by atoms with Crippen molar-refractivity contribution < 1.29 is 0 Å². The molecule has 1 aliphatic heterocycles. The fourth-order valence-corrected chi connectivity index (χ4v) is 2.50. The Labute approximate surface area is 128 Å². The Bertz CT molecular complexity index is 376. The molecule has 0 radical (unpaired) electrons. The van der Waals surface area contributed by atoms with Crippen LogP contribution in [0.2, 0.25) is 0 Å². The third-order valence-electron chi connectivity index (χ3n) is 3.89. The van der Waals surface area contributed by atoms with Crippen LogP contribution in [0.1, 0.15) is 43.7 Å². The van der Waals surface area contributed by atoms with Gasteiger partial charge in [-0.1, -0.05) is 6.07 Å². The summed E-state index contributed by atoms with van der Waals surface area (Å²) in [7, 11) is 0. The second kappa shape index (κ2) is 9.10. The molecule has 0 aromatic carbocycles. The molecule has 118 valence electrons. The van der Waals surface area contributed by atoms with E-state index in [1.165, 1.54) is 6.42 Å². The molecule has 2 bridgehead atoms. The van der Waals surface area contributed by atoms with Crippen molar-refractivity contribution >= 4 is 0 Å². The minimum atomic E-state index is 0.286. The second-order valence-corrected chi connectivity index (χ2v) is 5.69. The lowest BCUT2D eigenvalue weighted by atomic mass is 10.1. The molecule has 0 saturated carbocycles. The van der Waals surface area contributed by atoms with E-state index in [0.717, 1.165) is 50.7 Å². The number of pyridine rings is 1. The molecule has 5 nitrogen and oxygen atoms in total. The van der Waals surface area contributed by atoms with Crippen LogP contribution in [0.4, 0.5) is 0 Å². The van der Waals surface area contributed by atoms with Gasteiger partial charge in [-0.15, -0.1) is 0 Å². The Kier molecular flexibility index (Phi) is 7.09. The average Bonchev–Trinajstić information content (AvgIpc) is 2.51. The van der Waals surface area contributed by atoms with Crippen molar-refractivity contribution in [2.75, 3.05) is 39.3 Å². The van der Waals surface area contributed by atoms with Gasteiger partial charge in [0.05, 0.1) is 11.4 Å². The third-order valence-corrected chi connectivity index (χ3v) is 3.89. The number of rotatable bonds is 0. The van der Waals surface area contributed by atoms with Crippen molar-refractivity contribution in [1.82, 2.24) is 26.3 Å². The van der Waals surface area contributed by atoms with Crippen molar-refractivity contribution in [3.05, 3.63) is 29.6 Å². The Hall–Kier alpha value is -1.01. The Morgan fingerprint density at radius 3 is 1.86 bits per heavy atom. The predicted molar refractivity (Wildman–Crippen MR) is 87.4 cm³/mol. The van der Waals surface area contributed by atoms with Crippen LogP contribution in [0.15, 0.2) is 18.2 Å². The van der Waals surface area contributed by atoms with Crippen LogP contribution in [0.5, 0.6) is 0 Å². The number of nitrogens with zero attached hydrogens (tertiary/aromatic N) is 1. The molecule has 1 aromatic rings. The summed E-state index contributed by atoms with van der Waals surface area (Å²) in [6.07, 6.45) is 1.17. The first-order valence-electron chi connectivity index (χ1n) is 8.12. The highest BCUT2D eigenvalue weighted by atomic mass is 15.0. The number of hydrogen-bond donors (Lipinski definition) is 4. The summed E-state index contributed by atoms with van der Waals surface area (Å²) in [5.74, 6) is 0. The van der Waals surface area contributed by atoms with Gasteiger partial charge in [0.2, 0.25) is 0 Å². The smallest absolute Gasteiger partial charge is 0.0574 e. The van der Waals surface area contributed by atoms with E-state index >= 15 is 0 Å². The van der Waals surface area contributed by atoms with Gasteiger partial charge < -0.3 is 21.3 Å². The minimum absolute atomic E-state index is 0.286. The van der Waals surface area contributed by atoms with Crippen LogP contribution in [-0.4, -0.2) is 44.3 Å². The normalized spacial score (nSPS) is 26.4. The Morgan fingerprint density at radius 2 is 1.33 bits per heavy atom. The minimum Gasteiger partial charge on any atom is -0.315 e. The van der Waals surface area contributed by atoms with Gasteiger partial charge >= 0.3 is 0 Å². The van der Waals surface area contributed by atoms with Crippen molar-refractivity contribution in [2.45, 2.75) is 32.4 Å². The van der Waals surface area contributed by atoms with Crippen molar-refractivity contribution in [3.8, 4) is 0 Å². The Morgan fingerprint density at radius 1 is 0.810 bits per heavy atom. The molecule has 0 unspecified atom stereocenters. The summed E-state index contributed by atoms with van der Waals surface area (Å²) in [6, 6.07) is 6.88. The highest BCUT2D eigenvalue weighted by Gasteiger charge is 2.10. The van der Waals surface area contributed by atoms with E-state index in [9.17, 15) is 0 Å². The average molecular weight is 291 g/mol. The number of aromatic nitrogens is 1. The largest absolute Gasteiger partial charge is 0.315 e. The van der Waals surface area contributed by atoms with Gasteiger partial charge in [-0.2, -0.15) is 0 Å². The number of nitrogens with one attached hydrogen (secondary N) is 4. The highest BCUT2D eigenvalue weighted by molar-refractivity contribution is 5.16. The molecule has 5 heteroatoms. The van der Waals surface area contributed by atoms with E-state index in [4.69, 9.17) is 4.98 Å². The van der Waals surface area contributed by atoms with Gasteiger partial charge in [-0.05, 0) is 45.5 Å². The van der Waals surface area contributed by atoms with Gasteiger partial charge in [0.25, 0.3) is 0 Å². The van der Waals surface area contributed by atoms with Crippen LogP contribution in [0, 0.1) is 0 Å².